The third-order valence-corrected chi connectivity index (χ3v) is 4.06. The average molecular weight is 337 g/mol. The first-order valence-electron chi connectivity index (χ1n) is 6.45. The van der Waals surface area contributed by atoms with Crippen LogP contribution in [0.5, 0.6) is 5.75 Å². The number of halogens is 2. The monoisotopic (exact) mass is 336 g/mol. The van der Waals surface area contributed by atoms with Crippen molar-refractivity contribution in [2.45, 2.75) is 19.4 Å². The zero-order valence-electron chi connectivity index (χ0n) is 11.0. The van der Waals surface area contributed by atoms with Crippen molar-refractivity contribution in [1.82, 2.24) is 0 Å². The van der Waals surface area contributed by atoms with Gasteiger partial charge in [-0.2, -0.15) is 0 Å². The third kappa shape index (κ3) is 2.34. The lowest BCUT2D eigenvalue weighted by molar-refractivity contribution is 0.213. The molecule has 1 unspecified atom stereocenters. The number of aryl methyl sites for hydroxylation is 1. The van der Waals surface area contributed by atoms with E-state index in [2.05, 4.69) is 15.9 Å². The van der Waals surface area contributed by atoms with E-state index in [1.807, 2.05) is 12.1 Å². The highest BCUT2D eigenvalue weighted by molar-refractivity contribution is 9.10. The zero-order chi connectivity index (χ0) is 14.3. The maximum atomic E-state index is 13.2. The van der Waals surface area contributed by atoms with E-state index in [9.17, 15) is 9.50 Å². The summed E-state index contributed by atoms with van der Waals surface area (Å²) in [5.74, 6) is 0.457. The van der Waals surface area contributed by atoms with Crippen LogP contribution in [0, 0.1) is 12.7 Å². The van der Waals surface area contributed by atoms with E-state index in [1.54, 1.807) is 13.0 Å². The summed E-state index contributed by atoms with van der Waals surface area (Å²) in [6.45, 7) is 2.43. The van der Waals surface area contributed by atoms with Gasteiger partial charge in [0.1, 0.15) is 17.7 Å². The fraction of sp³-hybridized carbons (Fsp3) is 0.250. The number of rotatable bonds is 2. The molecule has 20 heavy (non-hydrogen) atoms. The predicted octanol–water partition coefficient (Wildman–Crippen LogP) is 3.91. The van der Waals surface area contributed by atoms with Gasteiger partial charge in [-0.25, -0.2) is 4.39 Å². The van der Waals surface area contributed by atoms with E-state index in [1.165, 1.54) is 12.1 Å². The fourth-order valence-electron chi connectivity index (χ4n) is 2.61. The molecule has 2 aromatic rings. The van der Waals surface area contributed by atoms with Gasteiger partial charge >= 0.3 is 0 Å². The first-order valence-corrected chi connectivity index (χ1v) is 7.25. The summed E-state index contributed by atoms with van der Waals surface area (Å²) in [4.78, 5) is 0. The maximum absolute atomic E-state index is 13.2. The Balaban J connectivity index is 2.09. The van der Waals surface area contributed by atoms with Crippen LogP contribution in [-0.4, -0.2) is 11.7 Å². The molecule has 1 heterocycles. The largest absolute Gasteiger partial charge is 0.493 e. The van der Waals surface area contributed by atoms with Gasteiger partial charge in [-0.3, -0.25) is 0 Å². The smallest absolute Gasteiger partial charge is 0.128 e. The van der Waals surface area contributed by atoms with E-state index in [0.29, 0.717) is 12.2 Å². The van der Waals surface area contributed by atoms with Gasteiger partial charge < -0.3 is 9.84 Å². The fourth-order valence-corrected chi connectivity index (χ4v) is 3.14. The molecule has 0 spiro atoms. The number of aliphatic hydroxyl groups excluding tert-OH is 1. The van der Waals surface area contributed by atoms with Crippen LogP contribution in [0.25, 0.3) is 0 Å². The summed E-state index contributed by atoms with van der Waals surface area (Å²) in [7, 11) is 0. The summed E-state index contributed by atoms with van der Waals surface area (Å²) in [6, 6.07) is 8.29. The second kappa shape index (κ2) is 5.19. The van der Waals surface area contributed by atoms with Crippen LogP contribution in [0.2, 0.25) is 0 Å². The van der Waals surface area contributed by atoms with E-state index < -0.39 is 6.10 Å². The highest BCUT2D eigenvalue weighted by atomic mass is 79.9. The summed E-state index contributed by atoms with van der Waals surface area (Å²) in [5, 5.41) is 10.6. The number of fused-ring (bicyclic) bond motifs is 1. The first-order chi connectivity index (χ1) is 9.56. The van der Waals surface area contributed by atoms with Crippen molar-refractivity contribution >= 4 is 15.9 Å². The SMILES string of the molecule is Cc1cc(F)ccc1C(O)c1cc(Br)cc2c1OCC2. The van der Waals surface area contributed by atoms with Crippen LogP contribution in [0.3, 0.4) is 0 Å². The third-order valence-electron chi connectivity index (χ3n) is 3.60. The van der Waals surface area contributed by atoms with Crippen LogP contribution < -0.4 is 4.74 Å². The lowest BCUT2D eigenvalue weighted by atomic mass is 9.95. The normalized spacial score (nSPS) is 14.8. The second-order valence-electron chi connectivity index (χ2n) is 4.99. The van der Waals surface area contributed by atoms with Gasteiger partial charge in [0.25, 0.3) is 0 Å². The molecule has 1 aliphatic heterocycles. The molecule has 0 fully saturated rings. The van der Waals surface area contributed by atoms with Crippen molar-refractivity contribution in [3.63, 3.8) is 0 Å². The van der Waals surface area contributed by atoms with Crippen LogP contribution in [0.1, 0.15) is 28.4 Å². The molecule has 4 heteroatoms. The minimum absolute atomic E-state index is 0.297. The predicted molar refractivity (Wildman–Crippen MR) is 78.5 cm³/mol. The van der Waals surface area contributed by atoms with Crippen molar-refractivity contribution < 1.29 is 14.2 Å². The quantitative estimate of drug-likeness (QED) is 0.900. The zero-order valence-corrected chi connectivity index (χ0v) is 12.6. The Hall–Kier alpha value is -1.39. The molecule has 0 bridgehead atoms. The molecule has 3 rings (SSSR count). The molecule has 2 aromatic carbocycles. The first kappa shape index (κ1) is 13.6. The Kier molecular flexibility index (Phi) is 3.52. The van der Waals surface area contributed by atoms with Gasteiger partial charge in [-0.05, 0) is 47.9 Å². The van der Waals surface area contributed by atoms with Crippen LogP contribution in [0.4, 0.5) is 4.39 Å². The van der Waals surface area contributed by atoms with E-state index in [0.717, 1.165) is 33.3 Å². The molecule has 0 radical (unpaired) electrons. The van der Waals surface area contributed by atoms with Crippen LogP contribution >= 0.6 is 15.9 Å². The van der Waals surface area contributed by atoms with Gasteiger partial charge in [0.15, 0.2) is 0 Å². The molecule has 0 saturated carbocycles. The molecule has 2 nitrogen and oxygen atoms in total. The number of hydrogen-bond donors (Lipinski definition) is 1. The summed E-state index contributed by atoms with van der Waals surface area (Å²) in [5.41, 5.74) is 3.24. The Bertz CT molecular complexity index is 670. The van der Waals surface area contributed by atoms with Gasteiger partial charge in [-0.1, -0.05) is 22.0 Å². The van der Waals surface area contributed by atoms with E-state index in [-0.39, 0.29) is 5.82 Å². The van der Waals surface area contributed by atoms with E-state index >= 15 is 0 Å². The van der Waals surface area contributed by atoms with Gasteiger partial charge in [0, 0.05) is 16.5 Å². The molecule has 1 atom stereocenters. The molecular formula is C16H14BrFO2. The topological polar surface area (TPSA) is 29.5 Å². The Labute approximate surface area is 125 Å². The van der Waals surface area contributed by atoms with Gasteiger partial charge in [-0.15, -0.1) is 0 Å². The molecule has 1 N–H and O–H groups in total. The number of ether oxygens (including phenoxy) is 1. The molecule has 0 aromatic heterocycles. The van der Waals surface area contributed by atoms with Gasteiger partial charge in [0.05, 0.1) is 6.61 Å². The maximum Gasteiger partial charge on any atom is 0.128 e. The van der Waals surface area contributed by atoms with Crippen LogP contribution in [-0.2, 0) is 6.42 Å². The molecule has 0 amide bonds. The van der Waals surface area contributed by atoms with Crippen molar-refractivity contribution in [1.29, 1.82) is 0 Å². The summed E-state index contributed by atoms with van der Waals surface area (Å²) in [6.07, 6.45) is 0.0246. The minimum atomic E-state index is -0.819. The molecule has 104 valence electrons. The Morgan fingerprint density at radius 1 is 1.25 bits per heavy atom. The minimum Gasteiger partial charge on any atom is -0.493 e. The Morgan fingerprint density at radius 2 is 2.05 bits per heavy atom. The molecule has 0 saturated heterocycles. The molecular weight excluding hydrogens is 323 g/mol. The average Bonchev–Trinajstić information content (AvgIpc) is 2.85. The molecule has 1 aliphatic rings. The molecule has 0 aliphatic carbocycles. The lowest BCUT2D eigenvalue weighted by Gasteiger charge is -2.17. The highest BCUT2D eigenvalue weighted by Crippen LogP contribution is 2.39. The lowest BCUT2D eigenvalue weighted by Crippen LogP contribution is -2.04. The standard InChI is InChI=1S/C16H14BrFO2/c1-9-6-12(18)2-3-13(9)15(19)14-8-11(17)7-10-4-5-20-16(10)14/h2-3,6-8,15,19H,4-5H2,1H3. The van der Waals surface area contributed by atoms with Crippen molar-refractivity contribution in [3.8, 4) is 5.75 Å². The number of hydrogen-bond acceptors (Lipinski definition) is 2. The van der Waals surface area contributed by atoms with Crippen molar-refractivity contribution in [2.75, 3.05) is 6.61 Å². The summed E-state index contributed by atoms with van der Waals surface area (Å²) < 4.78 is 19.7. The highest BCUT2D eigenvalue weighted by Gasteiger charge is 2.24. The number of aliphatic hydroxyl groups is 1. The summed E-state index contributed by atoms with van der Waals surface area (Å²) >= 11 is 3.46. The number of benzene rings is 2. The van der Waals surface area contributed by atoms with Crippen molar-refractivity contribution in [2.24, 2.45) is 0 Å². The Morgan fingerprint density at radius 3 is 2.80 bits per heavy atom. The van der Waals surface area contributed by atoms with Gasteiger partial charge in [0.2, 0.25) is 0 Å². The van der Waals surface area contributed by atoms with Crippen molar-refractivity contribution in [3.05, 3.63) is 62.9 Å². The van der Waals surface area contributed by atoms with E-state index in [4.69, 9.17) is 4.74 Å². The van der Waals surface area contributed by atoms with Crippen LogP contribution in [0.15, 0.2) is 34.8 Å². The second-order valence-corrected chi connectivity index (χ2v) is 5.90.